The predicted octanol–water partition coefficient (Wildman–Crippen LogP) is 4.44. The minimum Gasteiger partial charge on any atom is -0.349 e. The molecule has 1 heterocycles. The number of hydrogen-bond acceptors (Lipinski definition) is 4. The molecule has 0 radical (unpaired) electrons. The maximum absolute atomic E-state index is 12.6. The van der Waals surface area contributed by atoms with Gasteiger partial charge in [-0.25, -0.2) is 0 Å². The van der Waals surface area contributed by atoms with Gasteiger partial charge in [0.25, 0.3) is 0 Å². The van der Waals surface area contributed by atoms with Gasteiger partial charge < -0.3 is 9.84 Å². The molecule has 0 spiro atoms. The van der Waals surface area contributed by atoms with E-state index in [1.54, 1.807) is 0 Å². The van der Waals surface area contributed by atoms with Crippen LogP contribution in [0.2, 0.25) is 5.02 Å². The van der Waals surface area contributed by atoms with Crippen LogP contribution >= 0.6 is 11.6 Å². The lowest BCUT2D eigenvalue weighted by Gasteiger charge is -2.18. The molecule has 1 N–H and O–H groups in total. The molecule has 1 aliphatic rings. The number of aromatic nitrogens is 2. The van der Waals surface area contributed by atoms with E-state index in [0.29, 0.717) is 29.1 Å². The van der Waals surface area contributed by atoms with Crippen molar-refractivity contribution in [3.8, 4) is 0 Å². The van der Waals surface area contributed by atoms with Crippen molar-refractivity contribution < 1.29 is 9.32 Å². The summed E-state index contributed by atoms with van der Waals surface area (Å²) in [4.78, 5) is 16.9. The Hall–Kier alpha value is -2.66. The third-order valence-corrected chi connectivity index (χ3v) is 4.97. The molecule has 1 fully saturated rings. The zero-order valence-electron chi connectivity index (χ0n) is 14.8. The molecule has 1 atom stereocenters. The van der Waals surface area contributed by atoms with Crippen molar-refractivity contribution in [2.45, 2.75) is 37.6 Å². The molecule has 4 rings (SSSR count). The zero-order chi connectivity index (χ0) is 18.6. The van der Waals surface area contributed by atoms with Crippen LogP contribution in [0.15, 0.2) is 59.1 Å². The predicted molar refractivity (Wildman–Crippen MR) is 102 cm³/mol. The normalized spacial score (nSPS) is 14.7. The number of carbonyl (C=O) groups excluding carboxylic acids is 1. The van der Waals surface area contributed by atoms with Gasteiger partial charge in [0.1, 0.15) is 0 Å². The number of carbonyl (C=O) groups is 1. The van der Waals surface area contributed by atoms with E-state index in [1.165, 1.54) is 0 Å². The molecule has 1 saturated carbocycles. The van der Waals surface area contributed by atoms with Gasteiger partial charge in [0.2, 0.25) is 11.8 Å². The second-order valence-electron chi connectivity index (χ2n) is 6.82. The van der Waals surface area contributed by atoms with Gasteiger partial charge >= 0.3 is 0 Å². The Balaban J connectivity index is 1.43. The molecule has 6 heteroatoms. The maximum atomic E-state index is 12.6. The van der Waals surface area contributed by atoms with Crippen LogP contribution in [0.25, 0.3) is 0 Å². The number of benzene rings is 2. The highest BCUT2D eigenvalue weighted by Crippen LogP contribution is 2.38. The molecule has 0 aliphatic heterocycles. The Kier molecular flexibility index (Phi) is 5.21. The molecule has 0 bridgehead atoms. The summed E-state index contributed by atoms with van der Waals surface area (Å²) in [5, 5.41) is 7.52. The summed E-state index contributed by atoms with van der Waals surface area (Å²) in [5.41, 5.74) is 2.14. The molecule has 0 unspecified atom stereocenters. The lowest BCUT2D eigenvalue weighted by atomic mass is 9.88. The molecule has 1 amide bonds. The molecule has 3 aromatic rings. The largest absolute Gasteiger partial charge is 0.349 e. The monoisotopic (exact) mass is 381 g/mol. The SMILES string of the molecule is O=C(C[C@H](c1ccccc1)c1ccc(Cl)cc1)NCc1noc(C2CC2)n1. The van der Waals surface area contributed by atoms with Crippen molar-refractivity contribution in [1.82, 2.24) is 15.5 Å². The fourth-order valence-electron chi connectivity index (χ4n) is 3.08. The fourth-order valence-corrected chi connectivity index (χ4v) is 3.21. The van der Waals surface area contributed by atoms with Crippen LogP contribution in [0, 0.1) is 0 Å². The van der Waals surface area contributed by atoms with Gasteiger partial charge in [-0.05, 0) is 36.1 Å². The highest BCUT2D eigenvalue weighted by Gasteiger charge is 2.29. The first-order valence-electron chi connectivity index (χ1n) is 9.08. The van der Waals surface area contributed by atoms with Crippen molar-refractivity contribution in [1.29, 1.82) is 0 Å². The maximum Gasteiger partial charge on any atom is 0.229 e. The molecule has 2 aromatic carbocycles. The van der Waals surface area contributed by atoms with E-state index in [2.05, 4.69) is 15.5 Å². The molecular formula is C21H20ClN3O2. The quantitative estimate of drug-likeness (QED) is 0.657. The van der Waals surface area contributed by atoms with E-state index in [4.69, 9.17) is 16.1 Å². The van der Waals surface area contributed by atoms with E-state index in [0.717, 1.165) is 24.0 Å². The van der Waals surface area contributed by atoms with Crippen molar-refractivity contribution in [3.63, 3.8) is 0 Å². The smallest absolute Gasteiger partial charge is 0.229 e. The van der Waals surface area contributed by atoms with E-state index in [1.807, 2.05) is 54.6 Å². The standard InChI is InChI=1S/C21H20ClN3O2/c22-17-10-8-15(9-11-17)18(14-4-2-1-3-5-14)12-20(26)23-13-19-24-21(27-25-19)16-6-7-16/h1-5,8-11,16,18H,6-7,12-13H2,(H,23,26)/t18-/m1/s1. The number of nitrogens with zero attached hydrogens (tertiary/aromatic N) is 2. The van der Waals surface area contributed by atoms with Gasteiger partial charge in [0, 0.05) is 23.3 Å². The summed E-state index contributed by atoms with van der Waals surface area (Å²) in [6.07, 6.45) is 2.54. The number of amides is 1. The van der Waals surface area contributed by atoms with E-state index >= 15 is 0 Å². The molecule has 138 valence electrons. The van der Waals surface area contributed by atoms with Crippen LogP contribution in [0.3, 0.4) is 0 Å². The van der Waals surface area contributed by atoms with Crippen molar-refractivity contribution in [3.05, 3.63) is 82.5 Å². The van der Waals surface area contributed by atoms with Gasteiger partial charge in [-0.3, -0.25) is 4.79 Å². The van der Waals surface area contributed by atoms with Crippen LogP contribution in [-0.4, -0.2) is 16.0 Å². The topological polar surface area (TPSA) is 68.0 Å². The van der Waals surface area contributed by atoms with E-state index in [9.17, 15) is 4.79 Å². The molecular weight excluding hydrogens is 362 g/mol. The number of hydrogen-bond donors (Lipinski definition) is 1. The van der Waals surface area contributed by atoms with Crippen LogP contribution in [0.1, 0.15) is 53.9 Å². The summed E-state index contributed by atoms with van der Waals surface area (Å²) < 4.78 is 5.23. The summed E-state index contributed by atoms with van der Waals surface area (Å²) in [5.74, 6) is 1.51. The van der Waals surface area contributed by atoms with E-state index < -0.39 is 0 Å². The minimum atomic E-state index is -0.0587. The minimum absolute atomic E-state index is 0.0456. The van der Waals surface area contributed by atoms with Gasteiger partial charge in [-0.15, -0.1) is 0 Å². The average molecular weight is 382 g/mol. The zero-order valence-corrected chi connectivity index (χ0v) is 15.5. The lowest BCUT2D eigenvalue weighted by molar-refractivity contribution is -0.121. The molecule has 5 nitrogen and oxygen atoms in total. The van der Waals surface area contributed by atoms with E-state index in [-0.39, 0.29) is 18.4 Å². The van der Waals surface area contributed by atoms with Crippen molar-refractivity contribution in [2.24, 2.45) is 0 Å². The van der Waals surface area contributed by atoms with Crippen molar-refractivity contribution >= 4 is 17.5 Å². The number of rotatable bonds is 7. The lowest BCUT2D eigenvalue weighted by Crippen LogP contribution is -2.25. The highest BCUT2D eigenvalue weighted by molar-refractivity contribution is 6.30. The second kappa shape index (κ2) is 7.92. The first kappa shape index (κ1) is 17.7. The molecule has 0 saturated heterocycles. The third kappa shape index (κ3) is 4.55. The Morgan fingerprint density at radius 1 is 1.11 bits per heavy atom. The molecule has 27 heavy (non-hydrogen) atoms. The Morgan fingerprint density at radius 2 is 1.81 bits per heavy atom. The first-order valence-corrected chi connectivity index (χ1v) is 9.46. The van der Waals surface area contributed by atoms with Crippen LogP contribution < -0.4 is 5.32 Å². The Morgan fingerprint density at radius 3 is 2.52 bits per heavy atom. The third-order valence-electron chi connectivity index (χ3n) is 4.72. The summed E-state index contributed by atoms with van der Waals surface area (Å²) in [7, 11) is 0. The summed E-state index contributed by atoms with van der Waals surface area (Å²) in [6.45, 7) is 0.275. The van der Waals surface area contributed by atoms with Gasteiger partial charge in [-0.2, -0.15) is 4.98 Å². The average Bonchev–Trinajstić information content (AvgIpc) is 3.44. The highest BCUT2D eigenvalue weighted by atomic mass is 35.5. The van der Waals surface area contributed by atoms with Crippen LogP contribution in [0.4, 0.5) is 0 Å². The number of halogens is 1. The van der Waals surface area contributed by atoms with Gasteiger partial charge in [0.15, 0.2) is 5.82 Å². The summed E-state index contributed by atoms with van der Waals surface area (Å²) in [6, 6.07) is 17.6. The Labute approximate surface area is 162 Å². The fraction of sp³-hybridized carbons (Fsp3) is 0.286. The molecule has 1 aromatic heterocycles. The van der Waals surface area contributed by atoms with Crippen LogP contribution in [0.5, 0.6) is 0 Å². The number of nitrogens with one attached hydrogen (secondary N) is 1. The first-order chi connectivity index (χ1) is 13.2. The molecule has 1 aliphatic carbocycles. The van der Waals surface area contributed by atoms with Crippen LogP contribution in [-0.2, 0) is 11.3 Å². The Bertz CT molecular complexity index is 905. The summed E-state index contributed by atoms with van der Waals surface area (Å²) >= 11 is 6.01. The second-order valence-corrected chi connectivity index (χ2v) is 7.26. The van der Waals surface area contributed by atoms with Gasteiger partial charge in [0.05, 0.1) is 6.54 Å². The van der Waals surface area contributed by atoms with Gasteiger partial charge in [-0.1, -0.05) is 59.2 Å². The van der Waals surface area contributed by atoms with Crippen molar-refractivity contribution in [2.75, 3.05) is 0 Å².